The highest BCUT2D eigenvalue weighted by atomic mass is 16.6. The van der Waals surface area contributed by atoms with Crippen LogP contribution in [-0.2, 0) is 16.1 Å². The van der Waals surface area contributed by atoms with Crippen LogP contribution in [0.25, 0.3) is 0 Å². The van der Waals surface area contributed by atoms with Gasteiger partial charge in [0.05, 0.1) is 6.04 Å². The van der Waals surface area contributed by atoms with Crippen molar-refractivity contribution in [2.24, 2.45) is 5.73 Å². The van der Waals surface area contributed by atoms with Gasteiger partial charge in [-0.1, -0.05) is 30.3 Å². The first-order valence-corrected chi connectivity index (χ1v) is 8.32. The Labute approximate surface area is 144 Å². The third-order valence-electron chi connectivity index (χ3n) is 3.26. The maximum Gasteiger partial charge on any atom is 0.407 e. The molecule has 6 nitrogen and oxygen atoms in total. The molecule has 134 valence electrons. The van der Waals surface area contributed by atoms with Gasteiger partial charge in [-0.2, -0.15) is 0 Å². The predicted octanol–water partition coefficient (Wildman–Crippen LogP) is 2.33. The molecule has 2 amide bonds. The van der Waals surface area contributed by atoms with Crippen LogP contribution < -0.4 is 16.4 Å². The normalized spacial score (nSPS) is 12.3. The number of unbranched alkanes of at least 4 members (excludes halogenated alkanes) is 1. The Morgan fingerprint density at radius 3 is 2.42 bits per heavy atom. The summed E-state index contributed by atoms with van der Waals surface area (Å²) in [6, 6.07) is 9.17. The van der Waals surface area contributed by atoms with Crippen LogP contribution in [0.2, 0.25) is 0 Å². The minimum atomic E-state index is -0.532. The summed E-state index contributed by atoms with van der Waals surface area (Å²) >= 11 is 0. The Morgan fingerprint density at radius 2 is 1.79 bits per heavy atom. The van der Waals surface area contributed by atoms with Crippen molar-refractivity contribution in [2.75, 3.05) is 6.54 Å². The number of ether oxygens (including phenoxy) is 1. The van der Waals surface area contributed by atoms with Gasteiger partial charge in [0, 0.05) is 13.1 Å². The molecule has 4 N–H and O–H groups in total. The molecule has 0 saturated heterocycles. The van der Waals surface area contributed by atoms with Crippen molar-refractivity contribution < 1.29 is 14.3 Å². The molecule has 1 rings (SSSR count). The minimum absolute atomic E-state index is 0.154. The second-order valence-electron chi connectivity index (χ2n) is 6.73. The van der Waals surface area contributed by atoms with Gasteiger partial charge < -0.3 is 21.1 Å². The lowest BCUT2D eigenvalue weighted by Gasteiger charge is -2.19. The number of nitrogens with two attached hydrogens (primary N) is 1. The summed E-state index contributed by atoms with van der Waals surface area (Å²) in [7, 11) is 0. The Bertz CT molecular complexity index is 512. The summed E-state index contributed by atoms with van der Waals surface area (Å²) in [6.45, 7) is 6.44. The molecule has 0 spiro atoms. The van der Waals surface area contributed by atoms with Gasteiger partial charge in [-0.25, -0.2) is 4.79 Å². The van der Waals surface area contributed by atoms with E-state index in [0.717, 1.165) is 18.4 Å². The van der Waals surface area contributed by atoms with Gasteiger partial charge in [-0.3, -0.25) is 4.79 Å². The molecule has 0 aliphatic carbocycles. The smallest absolute Gasteiger partial charge is 0.407 e. The summed E-state index contributed by atoms with van der Waals surface area (Å²) in [5, 5.41) is 5.52. The van der Waals surface area contributed by atoms with Crippen molar-refractivity contribution >= 4 is 12.0 Å². The maximum absolute atomic E-state index is 11.9. The van der Waals surface area contributed by atoms with Gasteiger partial charge in [0.1, 0.15) is 5.60 Å². The first-order chi connectivity index (χ1) is 11.3. The lowest BCUT2D eigenvalue weighted by atomic mass is 10.1. The van der Waals surface area contributed by atoms with Gasteiger partial charge in [0.15, 0.2) is 0 Å². The molecule has 6 heteroatoms. The van der Waals surface area contributed by atoms with Gasteiger partial charge in [0.25, 0.3) is 0 Å². The third kappa shape index (κ3) is 9.15. The molecular weight excluding hydrogens is 306 g/mol. The molecule has 1 aromatic rings. The fraction of sp³-hybridized carbons (Fsp3) is 0.556. The van der Waals surface area contributed by atoms with Crippen molar-refractivity contribution in [3.63, 3.8) is 0 Å². The molecular formula is C18H29N3O3. The van der Waals surface area contributed by atoms with E-state index in [1.54, 1.807) is 0 Å². The van der Waals surface area contributed by atoms with E-state index in [2.05, 4.69) is 10.6 Å². The second kappa shape index (κ2) is 9.93. The average molecular weight is 335 g/mol. The molecule has 0 aliphatic rings. The van der Waals surface area contributed by atoms with E-state index >= 15 is 0 Å². The van der Waals surface area contributed by atoms with Gasteiger partial charge >= 0.3 is 6.09 Å². The molecule has 1 atom stereocenters. The predicted molar refractivity (Wildman–Crippen MR) is 94.4 cm³/mol. The molecule has 0 radical (unpaired) electrons. The zero-order chi connectivity index (χ0) is 18.0. The highest BCUT2D eigenvalue weighted by Gasteiger charge is 2.16. The lowest BCUT2D eigenvalue weighted by Crippen LogP contribution is -2.40. The minimum Gasteiger partial charge on any atom is -0.444 e. The van der Waals surface area contributed by atoms with Crippen LogP contribution >= 0.6 is 0 Å². The van der Waals surface area contributed by atoms with E-state index < -0.39 is 17.7 Å². The summed E-state index contributed by atoms with van der Waals surface area (Å²) in [5.41, 5.74) is 6.43. The number of hydrogen-bond acceptors (Lipinski definition) is 4. The number of nitrogens with one attached hydrogen (secondary N) is 2. The van der Waals surface area contributed by atoms with Gasteiger partial charge in [-0.15, -0.1) is 0 Å². The van der Waals surface area contributed by atoms with Crippen molar-refractivity contribution in [3.8, 4) is 0 Å². The number of amides is 2. The molecule has 0 saturated carbocycles. The van der Waals surface area contributed by atoms with Crippen LogP contribution in [-0.4, -0.2) is 30.2 Å². The first kappa shape index (κ1) is 20.0. The molecule has 0 aromatic heterocycles. The molecule has 0 aliphatic heterocycles. The Balaban J connectivity index is 2.11. The van der Waals surface area contributed by atoms with E-state index in [1.165, 1.54) is 0 Å². The topological polar surface area (TPSA) is 93.4 Å². The fourth-order valence-corrected chi connectivity index (χ4v) is 2.04. The lowest BCUT2D eigenvalue weighted by molar-refractivity contribution is -0.122. The molecule has 1 aromatic carbocycles. The van der Waals surface area contributed by atoms with E-state index in [1.807, 2.05) is 51.1 Å². The van der Waals surface area contributed by atoms with E-state index in [9.17, 15) is 9.59 Å². The molecule has 0 fully saturated rings. The summed E-state index contributed by atoms with van der Waals surface area (Å²) < 4.78 is 5.14. The Morgan fingerprint density at radius 1 is 1.12 bits per heavy atom. The van der Waals surface area contributed by atoms with Crippen LogP contribution in [0, 0.1) is 0 Å². The number of alkyl carbamates (subject to hydrolysis) is 1. The van der Waals surface area contributed by atoms with Crippen LogP contribution in [0.4, 0.5) is 4.79 Å². The maximum atomic E-state index is 11.9. The number of carbonyl (C=O) groups is 2. The van der Waals surface area contributed by atoms with Crippen LogP contribution in [0.15, 0.2) is 30.3 Å². The summed E-state index contributed by atoms with van der Waals surface area (Å²) in [6.07, 6.45) is 1.66. The van der Waals surface area contributed by atoms with Crippen LogP contribution in [0.5, 0.6) is 0 Å². The van der Waals surface area contributed by atoms with Crippen LogP contribution in [0.3, 0.4) is 0 Å². The Hall–Kier alpha value is -2.08. The van der Waals surface area contributed by atoms with Crippen LogP contribution in [0.1, 0.15) is 45.6 Å². The van der Waals surface area contributed by atoms with E-state index in [4.69, 9.17) is 10.5 Å². The zero-order valence-electron chi connectivity index (χ0n) is 14.8. The molecule has 24 heavy (non-hydrogen) atoms. The SMILES string of the molecule is CC(C)(C)OC(=O)NCCCC[C@H](N)C(=O)NCc1ccccc1. The fourth-order valence-electron chi connectivity index (χ4n) is 2.04. The summed E-state index contributed by atoms with van der Waals surface area (Å²) in [5.74, 6) is -0.154. The highest BCUT2D eigenvalue weighted by Crippen LogP contribution is 2.06. The molecule has 0 bridgehead atoms. The van der Waals surface area contributed by atoms with Crippen molar-refractivity contribution in [1.82, 2.24) is 10.6 Å². The first-order valence-electron chi connectivity index (χ1n) is 8.32. The number of hydrogen-bond donors (Lipinski definition) is 3. The Kier molecular flexibility index (Phi) is 8.26. The second-order valence-corrected chi connectivity index (χ2v) is 6.73. The quantitative estimate of drug-likeness (QED) is 0.636. The molecule has 0 unspecified atom stereocenters. The van der Waals surface area contributed by atoms with Crippen molar-refractivity contribution in [1.29, 1.82) is 0 Å². The van der Waals surface area contributed by atoms with Crippen molar-refractivity contribution in [2.45, 2.75) is 58.2 Å². The zero-order valence-corrected chi connectivity index (χ0v) is 14.8. The third-order valence-corrected chi connectivity index (χ3v) is 3.26. The summed E-state index contributed by atoms with van der Waals surface area (Å²) in [4.78, 5) is 23.4. The van der Waals surface area contributed by atoms with Gasteiger partial charge in [-0.05, 0) is 45.6 Å². The number of carbonyl (C=O) groups excluding carboxylic acids is 2. The standard InChI is InChI=1S/C18H29N3O3/c1-18(2,3)24-17(23)20-12-8-7-11-15(19)16(22)21-13-14-9-5-4-6-10-14/h4-6,9-10,15H,7-8,11-13,19H2,1-3H3,(H,20,23)(H,21,22)/t15-/m0/s1. The van der Waals surface area contributed by atoms with Gasteiger partial charge in [0.2, 0.25) is 5.91 Å². The number of rotatable bonds is 8. The van der Waals surface area contributed by atoms with Crippen molar-refractivity contribution in [3.05, 3.63) is 35.9 Å². The van der Waals surface area contributed by atoms with E-state index in [-0.39, 0.29) is 5.91 Å². The monoisotopic (exact) mass is 335 g/mol. The average Bonchev–Trinajstić information content (AvgIpc) is 2.51. The largest absolute Gasteiger partial charge is 0.444 e. The number of benzene rings is 1. The molecule has 0 heterocycles. The van der Waals surface area contributed by atoms with E-state index in [0.29, 0.717) is 19.5 Å². The highest BCUT2D eigenvalue weighted by molar-refractivity contribution is 5.81.